The van der Waals surface area contributed by atoms with Crippen molar-refractivity contribution in [1.82, 2.24) is 30.0 Å². The van der Waals surface area contributed by atoms with Crippen LogP contribution in [0, 0.1) is 5.92 Å². The van der Waals surface area contributed by atoms with E-state index in [0.29, 0.717) is 37.0 Å². The standard InChI is InChI=1S/C19H21F3N6O/c20-19(21,22)6-5-12-1-3-14(4-2-12)25-18(29)17-16-13(10-24-27-16)9-15(26-17)28-8-7-23-11-28/h7-12,14H,1-6H2,(H,24,27)(H,25,29). The summed E-state index contributed by atoms with van der Waals surface area (Å²) >= 11 is 0. The van der Waals surface area contributed by atoms with Crippen LogP contribution >= 0.6 is 0 Å². The van der Waals surface area contributed by atoms with E-state index in [9.17, 15) is 18.0 Å². The molecule has 3 heterocycles. The number of imidazole rings is 1. The van der Waals surface area contributed by atoms with Crippen molar-refractivity contribution < 1.29 is 18.0 Å². The maximum atomic E-state index is 12.9. The molecule has 0 atom stereocenters. The van der Waals surface area contributed by atoms with Crippen LogP contribution in [0.25, 0.3) is 16.7 Å². The van der Waals surface area contributed by atoms with Crippen molar-refractivity contribution in [2.75, 3.05) is 0 Å². The lowest BCUT2D eigenvalue weighted by Crippen LogP contribution is -2.38. The Labute approximate surface area is 164 Å². The molecular formula is C19H21F3N6O. The van der Waals surface area contributed by atoms with E-state index in [0.717, 1.165) is 5.39 Å². The van der Waals surface area contributed by atoms with Gasteiger partial charge < -0.3 is 5.32 Å². The Hall–Kier alpha value is -2.91. The number of nitrogens with one attached hydrogen (secondary N) is 2. The third kappa shape index (κ3) is 4.57. The van der Waals surface area contributed by atoms with Crippen LogP contribution in [0.2, 0.25) is 0 Å². The zero-order valence-corrected chi connectivity index (χ0v) is 15.6. The van der Waals surface area contributed by atoms with Gasteiger partial charge in [0.1, 0.15) is 12.1 Å². The molecule has 0 aromatic carbocycles. The Morgan fingerprint density at radius 1 is 1.28 bits per heavy atom. The third-order valence-electron chi connectivity index (χ3n) is 5.42. The number of carbonyl (C=O) groups is 1. The van der Waals surface area contributed by atoms with Crippen LogP contribution in [0.3, 0.4) is 0 Å². The zero-order valence-electron chi connectivity index (χ0n) is 15.6. The van der Waals surface area contributed by atoms with E-state index >= 15 is 0 Å². The number of hydrogen-bond acceptors (Lipinski definition) is 4. The summed E-state index contributed by atoms with van der Waals surface area (Å²) in [6, 6.07) is 1.74. The van der Waals surface area contributed by atoms with Gasteiger partial charge in [-0.3, -0.25) is 14.5 Å². The molecule has 7 nitrogen and oxygen atoms in total. The van der Waals surface area contributed by atoms with Crippen molar-refractivity contribution in [1.29, 1.82) is 0 Å². The maximum Gasteiger partial charge on any atom is 0.389 e. The lowest BCUT2D eigenvalue weighted by molar-refractivity contribution is -0.138. The number of halogens is 3. The average molecular weight is 406 g/mol. The number of fused-ring (bicyclic) bond motifs is 1. The monoisotopic (exact) mass is 406 g/mol. The number of aromatic nitrogens is 5. The molecule has 10 heteroatoms. The summed E-state index contributed by atoms with van der Waals surface area (Å²) in [5.74, 6) is 0.296. The Balaban J connectivity index is 1.43. The second-order valence-electron chi connectivity index (χ2n) is 7.48. The highest BCUT2D eigenvalue weighted by Crippen LogP contribution is 2.32. The van der Waals surface area contributed by atoms with Crippen molar-refractivity contribution in [3.05, 3.63) is 36.7 Å². The van der Waals surface area contributed by atoms with Gasteiger partial charge in [-0.05, 0) is 44.1 Å². The third-order valence-corrected chi connectivity index (χ3v) is 5.42. The van der Waals surface area contributed by atoms with Gasteiger partial charge in [0.15, 0.2) is 5.69 Å². The fourth-order valence-corrected chi connectivity index (χ4v) is 3.84. The van der Waals surface area contributed by atoms with E-state index in [1.165, 1.54) is 0 Å². The first-order chi connectivity index (χ1) is 13.9. The largest absolute Gasteiger partial charge is 0.389 e. The van der Waals surface area contributed by atoms with Gasteiger partial charge in [-0.15, -0.1) is 0 Å². The highest BCUT2D eigenvalue weighted by atomic mass is 19.4. The highest BCUT2D eigenvalue weighted by Gasteiger charge is 2.30. The molecule has 3 aromatic heterocycles. The molecule has 0 aliphatic heterocycles. The molecule has 0 spiro atoms. The maximum absolute atomic E-state index is 12.9. The summed E-state index contributed by atoms with van der Waals surface area (Å²) in [5, 5.41) is 10.6. The lowest BCUT2D eigenvalue weighted by atomic mass is 9.83. The van der Waals surface area contributed by atoms with Crippen molar-refractivity contribution in [3.63, 3.8) is 0 Å². The molecular weight excluding hydrogens is 385 g/mol. The molecule has 1 amide bonds. The van der Waals surface area contributed by atoms with Crippen LogP contribution in [-0.4, -0.2) is 42.9 Å². The van der Waals surface area contributed by atoms with E-state index < -0.39 is 12.6 Å². The lowest BCUT2D eigenvalue weighted by Gasteiger charge is -2.29. The zero-order chi connectivity index (χ0) is 20.4. The molecule has 1 aliphatic carbocycles. The number of alkyl halides is 3. The molecule has 3 aromatic rings. The van der Waals surface area contributed by atoms with E-state index in [1.807, 2.05) is 6.07 Å². The molecule has 0 unspecified atom stereocenters. The normalized spacial score (nSPS) is 20.1. The predicted molar refractivity (Wildman–Crippen MR) is 99.5 cm³/mol. The molecule has 29 heavy (non-hydrogen) atoms. The summed E-state index contributed by atoms with van der Waals surface area (Å²) < 4.78 is 38.9. The highest BCUT2D eigenvalue weighted by molar-refractivity contribution is 6.04. The fourth-order valence-electron chi connectivity index (χ4n) is 3.84. The number of H-pyrrole nitrogens is 1. The quantitative estimate of drug-likeness (QED) is 0.675. The first-order valence-corrected chi connectivity index (χ1v) is 9.59. The number of aromatic amines is 1. The van der Waals surface area contributed by atoms with Crippen LogP contribution in [-0.2, 0) is 0 Å². The Kier molecular flexibility index (Phi) is 5.25. The van der Waals surface area contributed by atoms with Crippen LogP contribution < -0.4 is 5.32 Å². The van der Waals surface area contributed by atoms with Crippen LogP contribution in [0.5, 0.6) is 0 Å². The first kappa shape index (κ1) is 19.4. The molecule has 1 fully saturated rings. The second-order valence-corrected chi connectivity index (χ2v) is 7.48. The van der Waals surface area contributed by atoms with Crippen LogP contribution in [0.1, 0.15) is 49.0 Å². The van der Waals surface area contributed by atoms with Crippen LogP contribution in [0.15, 0.2) is 31.0 Å². The van der Waals surface area contributed by atoms with Crippen LogP contribution in [0.4, 0.5) is 13.2 Å². The predicted octanol–water partition coefficient (Wildman–Crippen LogP) is 3.77. The average Bonchev–Trinajstić information content (AvgIpc) is 3.37. The van der Waals surface area contributed by atoms with Gasteiger partial charge in [-0.1, -0.05) is 0 Å². The smallest absolute Gasteiger partial charge is 0.348 e. The minimum atomic E-state index is -4.10. The van der Waals surface area contributed by atoms with E-state index in [4.69, 9.17) is 0 Å². The van der Waals surface area contributed by atoms with E-state index in [1.54, 1.807) is 29.5 Å². The number of pyridine rings is 1. The van der Waals surface area contributed by atoms with Crippen molar-refractivity contribution in [2.45, 2.75) is 50.7 Å². The molecule has 154 valence electrons. The number of rotatable bonds is 5. The number of nitrogens with zero attached hydrogens (tertiary/aromatic N) is 4. The van der Waals surface area contributed by atoms with Gasteiger partial charge in [-0.2, -0.15) is 18.3 Å². The Bertz CT molecular complexity index is 974. The SMILES string of the molecule is O=C(NC1CCC(CCC(F)(F)F)CC1)c1nc(-n2ccnc2)cc2cn[nH]c12. The fraction of sp³-hybridized carbons (Fsp3) is 0.474. The molecule has 1 saturated carbocycles. The first-order valence-electron chi connectivity index (χ1n) is 9.59. The van der Waals surface area contributed by atoms with Gasteiger partial charge in [0, 0.05) is 30.2 Å². The topological polar surface area (TPSA) is 88.5 Å². The molecule has 0 radical (unpaired) electrons. The summed E-state index contributed by atoms with van der Waals surface area (Å²) in [6.07, 6.45) is 4.60. The van der Waals surface area contributed by atoms with Crippen molar-refractivity contribution in [2.24, 2.45) is 5.92 Å². The number of carbonyl (C=O) groups excluding carboxylic acids is 1. The molecule has 2 N–H and O–H groups in total. The molecule has 4 rings (SSSR count). The Morgan fingerprint density at radius 2 is 2.07 bits per heavy atom. The summed E-state index contributed by atoms with van der Waals surface area (Å²) in [4.78, 5) is 21.4. The van der Waals surface area contributed by atoms with E-state index in [-0.39, 0.29) is 30.0 Å². The Morgan fingerprint density at radius 3 is 2.76 bits per heavy atom. The minimum absolute atomic E-state index is 0.0618. The second kappa shape index (κ2) is 7.84. The van der Waals surface area contributed by atoms with E-state index in [2.05, 4.69) is 25.5 Å². The van der Waals surface area contributed by atoms with Gasteiger partial charge in [0.25, 0.3) is 5.91 Å². The summed E-state index contributed by atoms with van der Waals surface area (Å²) in [5.41, 5.74) is 0.785. The molecule has 1 aliphatic rings. The molecule has 0 bridgehead atoms. The number of amides is 1. The van der Waals surface area contributed by atoms with Gasteiger partial charge >= 0.3 is 6.18 Å². The number of hydrogen-bond donors (Lipinski definition) is 2. The summed E-state index contributed by atoms with van der Waals surface area (Å²) in [7, 11) is 0. The van der Waals surface area contributed by atoms with Crippen molar-refractivity contribution >= 4 is 16.8 Å². The molecule has 0 saturated heterocycles. The van der Waals surface area contributed by atoms with Crippen molar-refractivity contribution in [3.8, 4) is 5.82 Å². The van der Waals surface area contributed by atoms with Gasteiger partial charge in [0.05, 0.1) is 11.7 Å². The van der Waals surface area contributed by atoms with Gasteiger partial charge in [0.2, 0.25) is 0 Å². The summed E-state index contributed by atoms with van der Waals surface area (Å²) in [6.45, 7) is 0. The minimum Gasteiger partial charge on any atom is -0.348 e. The van der Waals surface area contributed by atoms with Gasteiger partial charge in [-0.25, -0.2) is 9.97 Å².